The fourth-order valence-corrected chi connectivity index (χ4v) is 3.28. The Labute approximate surface area is 130 Å². The number of hydrogen-bond donors (Lipinski definition) is 0. The second kappa shape index (κ2) is 6.48. The lowest BCUT2D eigenvalue weighted by atomic mass is 9.93. The van der Waals surface area contributed by atoms with Gasteiger partial charge in [0.15, 0.2) is 0 Å². The number of ether oxygens (including phenoxy) is 2. The largest absolute Gasteiger partial charge is 0.493 e. The normalized spacial score (nSPS) is 25.2. The zero-order chi connectivity index (χ0) is 15.5. The van der Waals surface area contributed by atoms with Crippen LogP contribution in [0, 0.1) is 11.8 Å². The van der Waals surface area contributed by atoms with E-state index in [0.717, 1.165) is 18.7 Å². The van der Waals surface area contributed by atoms with Crippen molar-refractivity contribution in [2.24, 2.45) is 11.8 Å². The molecule has 1 aromatic rings. The van der Waals surface area contributed by atoms with Crippen LogP contribution >= 0.6 is 0 Å². The first-order valence-electron chi connectivity index (χ1n) is 7.71. The predicted molar refractivity (Wildman–Crippen MR) is 80.7 cm³/mol. The molecule has 2 heterocycles. The quantitative estimate of drug-likeness (QED) is 0.622. The van der Waals surface area contributed by atoms with E-state index in [2.05, 4.69) is 11.0 Å². The lowest BCUT2D eigenvalue weighted by molar-refractivity contribution is -0.152. The smallest absolute Gasteiger partial charge is 0.317 e. The zero-order valence-electron chi connectivity index (χ0n) is 12.8. The molecule has 0 radical (unpaired) electrons. The molecule has 3 rings (SSSR count). The van der Waals surface area contributed by atoms with Crippen LogP contribution in [-0.2, 0) is 20.7 Å². The summed E-state index contributed by atoms with van der Waals surface area (Å²) in [5, 5.41) is 0. The van der Waals surface area contributed by atoms with Crippen LogP contribution in [0.1, 0.15) is 12.0 Å². The van der Waals surface area contributed by atoms with Gasteiger partial charge in [0.1, 0.15) is 17.5 Å². The van der Waals surface area contributed by atoms with Crippen molar-refractivity contribution < 1.29 is 19.1 Å². The monoisotopic (exact) mass is 303 g/mol. The molecule has 1 aromatic carbocycles. The average molecular weight is 303 g/mol. The van der Waals surface area contributed by atoms with E-state index in [-0.39, 0.29) is 5.78 Å². The SMILES string of the molecule is COC(=O)C1CN(CC2COc3ccccc3C2)CCC1=O. The van der Waals surface area contributed by atoms with Crippen molar-refractivity contribution in [2.45, 2.75) is 12.8 Å². The molecular weight excluding hydrogens is 282 g/mol. The first kappa shape index (κ1) is 15.0. The molecule has 0 amide bonds. The number of fused-ring (bicyclic) bond motifs is 1. The van der Waals surface area contributed by atoms with Crippen LogP contribution in [-0.4, -0.2) is 50.0 Å². The number of methoxy groups -OCH3 is 1. The van der Waals surface area contributed by atoms with Crippen LogP contribution in [0.3, 0.4) is 0 Å². The number of benzene rings is 1. The molecule has 1 fully saturated rings. The van der Waals surface area contributed by atoms with E-state index in [1.807, 2.05) is 18.2 Å². The Bertz CT molecular complexity index is 564. The Kier molecular flexibility index (Phi) is 4.43. The number of para-hydroxylation sites is 1. The summed E-state index contributed by atoms with van der Waals surface area (Å²) < 4.78 is 10.5. The highest BCUT2D eigenvalue weighted by atomic mass is 16.5. The summed E-state index contributed by atoms with van der Waals surface area (Å²) in [4.78, 5) is 25.7. The van der Waals surface area contributed by atoms with Gasteiger partial charge in [0, 0.05) is 32.0 Å². The number of esters is 1. The molecule has 0 aromatic heterocycles. The minimum atomic E-state index is -0.629. The molecule has 2 atom stereocenters. The van der Waals surface area contributed by atoms with Gasteiger partial charge in [0.2, 0.25) is 0 Å². The van der Waals surface area contributed by atoms with Crippen molar-refractivity contribution in [3.63, 3.8) is 0 Å². The predicted octanol–water partition coefficient (Wildman–Crippen LogP) is 1.30. The van der Waals surface area contributed by atoms with Gasteiger partial charge in [-0.05, 0) is 18.1 Å². The average Bonchev–Trinajstić information content (AvgIpc) is 2.56. The Hall–Kier alpha value is -1.88. The van der Waals surface area contributed by atoms with Crippen molar-refractivity contribution in [3.8, 4) is 5.75 Å². The van der Waals surface area contributed by atoms with Gasteiger partial charge in [-0.15, -0.1) is 0 Å². The van der Waals surface area contributed by atoms with Crippen LogP contribution in [0.25, 0.3) is 0 Å². The summed E-state index contributed by atoms with van der Waals surface area (Å²) in [6.45, 7) is 2.70. The van der Waals surface area contributed by atoms with Crippen molar-refractivity contribution in [1.29, 1.82) is 0 Å². The number of carbonyl (C=O) groups excluding carboxylic acids is 2. The molecule has 5 nitrogen and oxygen atoms in total. The standard InChI is InChI=1S/C17H21NO4/c1-21-17(20)14-10-18(7-6-15(14)19)9-12-8-13-4-2-3-5-16(13)22-11-12/h2-5,12,14H,6-11H2,1H3. The van der Waals surface area contributed by atoms with E-state index in [9.17, 15) is 9.59 Å². The maximum Gasteiger partial charge on any atom is 0.317 e. The maximum absolute atomic E-state index is 11.8. The van der Waals surface area contributed by atoms with Crippen LogP contribution in [0.5, 0.6) is 5.75 Å². The first-order valence-corrected chi connectivity index (χ1v) is 7.71. The highest BCUT2D eigenvalue weighted by Crippen LogP contribution is 2.28. The summed E-state index contributed by atoms with van der Waals surface area (Å²) in [6, 6.07) is 8.10. The zero-order valence-corrected chi connectivity index (χ0v) is 12.8. The highest BCUT2D eigenvalue weighted by Gasteiger charge is 2.34. The number of carbonyl (C=O) groups is 2. The minimum absolute atomic E-state index is 0.00617. The van der Waals surface area contributed by atoms with E-state index in [0.29, 0.717) is 32.0 Å². The number of nitrogens with zero attached hydrogens (tertiary/aromatic N) is 1. The van der Waals surface area contributed by atoms with Crippen LogP contribution < -0.4 is 4.74 Å². The van der Waals surface area contributed by atoms with E-state index in [4.69, 9.17) is 9.47 Å². The Morgan fingerprint density at radius 1 is 1.41 bits per heavy atom. The van der Waals surface area contributed by atoms with Gasteiger partial charge in [-0.1, -0.05) is 18.2 Å². The number of likely N-dealkylation sites (tertiary alicyclic amines) is 1. The number of ketones is 1. The highest BCUT2D eigenvalue weighted by molar-refractivity contribution is 5.99. The van der Waals surface area contributed by atoms with Gasteiger partial charge in [-0.2, -0.15) is 0 Å². The van der Waals surface area contributed by atoms with Crippen molar-refractivity contribution in [2.75, 3.05) is 33.4 Å². The van der Waals surface area contributed by atoms with Gasteiger partial charge in [-0.25, -0.2) is 0 Å². The third-order valence-corrected chi connectivity index (χ3v) is 4.46. The topological polar surface area (TPSA) is 55.8 Å². The number of rotatable bonds is 3. The molecule has 5 heteroatoms. The summed E-state index contributed by atoms with van der Waals surface area (Å²) in [5.74, 6) is 0.310. The second-order valence-corrected chi connectivity index (χ2v) is 6.04. The number of piperidine rings is 1. The molecule has 2 aliphatic heterocycles. The summed E-state index contributed by atoms with van der Waals surface area (Å²) >= 11 is 0. The lowest BCUT2D eigenvalue weighted by Gasteiger charge is -2.34. The third-order valence-electron chi connectivity index (χ3n) is 4.46. The van der Waals surface area contributed by atoms with Crippen molar-refractivity contribution >= 4 is 11.8 Å². The van der Waals surface area contributed by atoms with Gasteiger partial charge < -0.3 is 14.4 Å². The lowest BCUT2D eigenvalue weighted by Crippen LogP contribution is -2.47. The van der Waals surface area contributed by atoms with E-state index >= 15 is 0 Å². The fourth-order valence-electron chi connectivity index (χ4n) is 3.28. The Morgan fingerprint density at radius 3 is 3.05 bits per heavy atom. The van der Waals surface area contributed by atoms with Crippen molar-refractivity contribution in [3.05, 3.63) is 29.8 Å². The summed E-state index contributed by atoms with van der Waals surface area (Å²) in [6.07, 6.45) is 1.40. The first-order chi connectivity index (χ1) is 10.7. The second-order valence-electron chi connectivity index (χ2n) is 6.04. The minimum Gasteiger partial charge on any atom is -0.493 e. The van der Waals surface area contributed by atoms with Gasteiger partial charge in [-0.3, -0.25) is 9.59 Å². The molecule has 1 saturated heterocycles. The molecule has 0 aliphatic carbocycles. The molecule has 0 bridgehead atoms. The Balaban J connectivity index is 1.60. The van der Waals surface area contributed by atoms with E-state index < -0.39 is 11.9 Å². The molecule has 0 N–H and O–H groups in total. The van der Waals surface area contributed by atoms with Gasteiger partial charge >= 0.3 is 5.97 Å². The molecule has 0 spiro atoms. The number of Topliss-reactive ketones (excluding diaryl/α,β-unsaturated/α-hetero) is 1. The molecule has 118 valence electrons. The van der Waals surface area contributed by atoms with Gasteiger partial charge in [0.25, 0.3) is 0 Å². The summed E-state index contributed by atoms with van der Waals surface area (Å²) in [5.41, 5.74) is 1.23. The van der Waals surface area contributed by atoms with Crippen LogP contribution in [0.15, 0.2) is 24.3 Å². The number of hydrogen-bond acceptors (Lipinski definition) is 5. The fraction of sp³-hybridized carbons (Fsp3) is 0.529. The van der Waals surface area contributed by atoms with E-state index in [1.54, 1.807) is 0 Å². The molecular formula is C17H21NO4. The maximum atomic E-state index is 11.8. The van der Waals surface area contributed by atoms with Crippen molar-refractivity contribution in [1.82, 2.24) is 4.90 Å². The third kappa shape index (κ3) is 3.14. The van der Waals surface area contributed by atoms with E-state index in [1.165, 1.54) is 12.7 Å². The molecule has 0 saturated carbocycles. The Morgan fingerprint density at radius 2 is 2.23 bits per heavy atom. The molecule has 22 heavy (non-hydrogen) atoms. The summed E-state index contributed by atoms with van der Waals surface area (Å²) in [7, 11) is 1.33. The molecule has 2 aliphatic rings. The van der Waals surface area contributed by atoms with Crippen LogP contribution in [0.4, 0.5) is 0 Å². The van der Waals surface area contributed by atoms with Gasteiger partial charge in [0.05, 0.1) is 13.7 Å². The van der Waals surface area contributed by atoms with Crippen LogP contribution in [0.2, 0.25) is 0 Å². The molecule has 2 unspecified atom stereocenters.